The molecule has 1 aliphatic heterocycles. The summed E-state index contributed by atoms with van der Waals surface area (Å²) < 4.78 is 46.2. The summed E-state index contributed by atoms with van der Waals surface area (Å²) in [5.74, 6) is -4.45. The van der Waals surface area contributed by atoms with Crippen LogP contribution in [0, 0.1) is 12.7 Å². The van der Waals surface area contributed by atoms with Crippen LogP contribution < -0.4 is 9.80 Å². The fraction of sp³-hybridized carbons (Fsp3) is 0.350. The van der Waals surface area contributed by atoms with Crippen molar-refractivity contribution in [2.75, 3.05) is 23.0 Å². The van der Waals surface area contributed by atoms with Gasteiger partial charge in [-0.25, -0.2) is 27.8 Å². The van der Waals surface area contributed by atoms with Gasteiger partial charge in [0.15, 0.2) is 6.04 Å². The standard InChI is InChI=1S/C20H19ClF3N3O3/c1-4-26(13-5-6-15(22)14(21)9-13)18(28)16-10-30-19(29)27(16)17-8-12(20(3,23)24)7-11(2)25-17/h5-9,16H,4,10H2,1-3H3. The number of pyridine rings is 1. The van der Waals surface area contributed by atoms with Crippen LogP contribution in [0.4, 0.5) is 29.5 Å². The lowest BCUT2D eigenvalue weighted by Crippen LogP contribution is -2.48. The lowest BCUT2D eigenvalue weighted by Gasteiger charge is -2.28. The van der Waals surface area contributed by atoms with Crippen molar-refractivity contribution in [3.8, 4) is 0 Å². The monoisotopic (exact) mass is 441 g/mol. The Kier molecular flexibility index (Phi) is 5.94. The van der Waals surface area contributed by atoms with E-state index in [0.29, 0.717) is 5.69 Å². The van der Waals surface area contributed by atoms with Crippen LogP contribution in [-0.4, -0.2) is 36.2 Å². The number of rotatable bonds is 5. The number of likely N-dealkylation sites (N-methyl/N-ethyl adjacent to an activating group) is 1. The van der Waals surface area contributed by atoms with Crippen LogP contribution in [0.2, 0.25) is 5.02 Å². The fourth-order valence-corrected chi connectivity index (χ4v) is 3.36. The van der Waals surface area contributed by atoms with Gasteiger partial charge in [-0.3, -0.25) is 4.79 Å². The van der Waals surface area contributed by atoms with Gasteiger partial charge in [-0.1, -0.05) is 11.6 Å². The first kappa shape index (κ1) is 21.9. The molecule has 6 nitrogen and oxygen atoms in total. The summed E-state index contributed by atoms with van der Waals surface area (Å²) in [7, 11) is 0. The Morgan fingerprint density at radius 3 is 2.67 bits per heavy atom. The number of ether oxygens (including phenoxy) is 1. The second kappa shape index (κ2) is 8.14. The molecular formula is C20H19ClF3N3O3. The van der Waals surface area contributed by atoms with Crippen LogP contribution in [0.1, 0.15) is 25.1 Å². The Labute approximate surface area is 176 Å². The highest BCUT2D eigenvalue weighted by molar-refractivity contribution is 6.31. The Balaban J connectivity index is 1.99. The second-order valence-corrected chi connectivity index (χ2v) is 7.29. The number of hydrogen-bond acceptors (Lipinski definition) is 4. The molecule has 1 unspecified atom stereocenters. The molecule has 1 saturated heterocycles. The molecule has 2 heterocycles. The normalized spacial score (nSPS) is 16.6. The number of carbonyl (C=O) groups excluding carboxylic acids is 2. The van der Waals surface area contributed by atoms with Crippen LogP contribution in [0.5, 0.6) is 0 Å². The minimum absolute atomic E-state index is 0.111. The minimum atomic E-state index is -3.16. The highest BCUT2D eigenvalue weighted by Crippen LogP contribution is 2.32. The first-order valence-electron chi connectivity index (χ1n) is 9.12. The molecule has 1 fully saturated rings. The van der Waals surface area contributed by atoms with E-state index < -0.39 is 29.8 Å². The number of cyclic esters (lactones) is 1. The molecule has 0 bridgehead atoms. The summed E-state index contributed by atoms with van der Waals surface area (Å²) in [4.78, 5) is 32.0. The SMILES string of the molecule is CCN(C(=O)C1COC(=O)N1c1cc(C(C)(F)F)cc(C)n1)c1ccc(F)c(Cl)c1. The molecule has 0 spiro atoms. The molecule has 0 N–H and O–H groups in total. The van der Waals surface area contributed by atoms with Crippen LogP contribution in [0.15, 0.2) is 30.3 Å². The number of aryl methyl sites for hydroxylation is 1. The number of alkyl halides is 2. The summed E-state index contributed by atoms with van der Waals surface area (Å²) in [5, 5.41) is -0.162. The number of hydrogen-bond donors (Lipinski definition) is 0. The number of benzene rings is 1. The predicted molar refractivity (Wildman–Crippen MR) is 106 cm³/mol. The molecule has 3 rings (SSSR count). The Morgan fingerprint density at radius 2 is 2.07 bits per heavy atom. The third kappa shape index (κ3) is 4.21. The molecule has 1 aromatic heterocycles. The maximum atomic E-state index is 13.8. The van der Waals surface area contributed by atoms with Crippen LogP contribution in [-0.2, 0) is 15.5 Å². The zero-order chi connectivity index (χ0) is 22.2. The molecule has 10 heteroatoms. The minimum Gasteiger partial charge on any atom is -0.446 e. The Hall–Kier alpha value is -2.81. The van der Waals surface area contributed by atoms with Gasteiger partial charge in [0, 0.05) is 30.4 Å². The van der Waals surface area contributed by atoms with Gasteiger partial charge >= 0.3 is 6.09 Å². The third-order valence-electron chi connectivity index (χ3n) is 4.65. The highest BCUT2D eigenvalue weighted by atomic mass is 35.5. The van der Waals surface area contributed by atoms with Gasteiger partial charge in [-0.2, -0.15) is 0 Å². The molecule has 160 valence electrons. The quantitative estimate of drug-likeness (QED) is 0.676. The van der Waals surface area contributed by atoms with Gasteiger partial charge in [0.25, 0.3) is 11.8 Å². The number of aromatic nitrogens is 1. The second-order valence-electron chi connectivity index (χ2n) is 6.89. The van der Waals surface area contributed by atoms with E-state index in [1.807, 2.05) is 0 Å². The average molecular weight is 442 g/mol. The van der Waals surface area contributed by atoms with Crippen LogP contribution >= 0.6 is 11.6 Å². The van der Waals surface area contributed by atoms with Crippen molar-refractivity contribution in [2.45, 2.75) is 32.7 Å². The smallest absolute Gasteiger partial charge is 0.416 e. The molecule has 1 aliphatic rings. The number of halogens is 4. The highest BCUT2D eigenvalue weighted by Gasteiger charge is 2.43. The van der Waals surface area contributed by atoms with Gasteiger partial charge in [0.05, 0.1) is 5.02 Å². The first-order chi connectivity index (χ1) is 14.0. The van der Waals surface area contributed by atoms with E-state index in [0.717, 1.165) is 24.0 Å². The lowest BCUT2D eigenvalue weighted by atomic mass is 10.1. The molecule has 1 aromatic carbocycles. The summed E-state index contributed by atoms with van der Waals surface area (Å²) >= 11 is 5.82. The van der Waals surface area contributed by atoms with Gasteiger partial charge < -0.3 is 9.64 Å². The molecule has 0 radical (unpaired) electrons. The number of anilines is 2. The van der Waals surface area contributed by atoms with E-state index in [4.69, 9.17) is 16.3 Å². The van der Waals surface area contributed by atoms with E-state index in [1.165, 1.54) is 30.0 Å². The molecule has 0 saturated carbocycles. The summed E-state index contributed by atoms with van der Waals surface area (Å²) in [6.45, 7) is 3.84. The van der Waals surface area contributed by atoms with Crippen molar-refractivity contribution >= 4 is 35.1 Å². The number of nitrogens with zero attached hydrogens (tertiary/aromatic N) is 3. The summed E-state index contributed by atoms with van der Waals surface area (Å²) in [6, 6.07) is 4.94. The van der Waals surface area contributed by atoms with Crippen LogP contribution in [0.3, 0.4) is 0 Å². The van der Waals surface area contributed by atoms with E-state index in [2.05, 4.69) is 4.98 Å². The van der Waals surface area contributed by atoms with Crippen molar-refractivity contribution in [3.05, 3.63) is 52.4 Å². The van der Waals surface area contributed by atoms with E-state index in [9.17, 15) is 22.8 Å². The van der Waals surface area contributed by atoms with Crippen molar-refractivity contribution in [2.24, 2.45) is 0 Å². The maximum Gasteiger partial charge on any atom is 0.416 e. The fourth-order valence-electron chi connectivity index (χ4n) is 3.18. The molecule has 30 heavy (non-hydrogen) atoms. The van der Waals surface area contributed by atoms with E-state index in [-0.39, 0.29) is 35.2 Å². The zero-order valence-corrected chi connectivity index (χ0v) is 17.2. The van der Waals surface area contributed by atoms with Crippen molar-refractivity contribution < 1.29 is 27.5 Å². The van der Waals surface area contributed by atoms with Crippen LogP contribution in [0.25, 0.3) is 0 Å². The molecule has 2 aromatic rings. The molecule has 2 amide bonds. The lowest BCUT2D eigenvalue weighted by molar-refractivity contribution is -0.119. The number of amides is 2. The summed E-state index contributed by atoms with van der Waals surface area (Å²) in [5.41, 5.74) is 0.243. The largest absolute Gasteiger partial charge is 0.446 e. The van der Waals surface area contributed by atoms with E-state index in [1.54, 1.807) is 6.92 Å². The number of carbonyl (C=O) groups is 2. The van der Waals surface area contributed by atoms with E-state index >= 15 is 0 Å². The van der Waals surface area contributed by atoms with Gasteiger partial charge in [0.1, 0.15) is 18.2 Å². The predicted octanol–water partition coefficient (Wildman–Crippen LogP) is 4.67. The zero-order valence-electron chi connectivity index (χ0n) is 16.5. The van der Waals surface area contributed by atoms with Gasteiger partial charge in [-0.05, 0) is 44.2 Å². The van der Waals surface area contributed by atoms with Crippen molar-refractivity contribution in [1.29, 1.82) is 0 Å². The first-order valence-corrected chi connectivity index (χ1v) is 9.50. The van der Waals surface area contributed by atoms with Crippen molar-refractivity contribution in [1.82, 2.24) is 4.98 Å². The Morgan fingerprint density at radius 1 is 1.37 bits per heavy atom. The van der Waals surface area contributed by atoms with Gasteiger partial charge in [-0.15, -0.1) is 0 Å². The molecule has 1 atom stereocenters. The van der Waals surface area contributed by atoms with Gasteiger partial charge in [0.2, 0.25) is 0 Å². The van der Waals surface area contributed by atoms with Crippen molar-refractivity contribution in [3.63, 3.8) is 0 Å². The topological polar surface area (TPSA) is 62.7 Å². The Bertz CT molecular complexity index is 997. The maximum absolute atomic E-state index is 13.8. The molecular weight excluding hydrogens is 423 g/mol. The third-order valence-corrected chi connectivity index (χ3v) is 4.94. The molecule has 0 aliphatic carbocycles. The average Bonchev–Trinajstić information content (AvgIpc) is 3.05. The summed E-state index contributed by atoms with van der Waals surface area (Å²) in [6.07, 6.45) is -0.870.